The highest BCUT2D eigenvalue weighted by molar-refractivity contribution is 5.92. The van der Waals surface area contributed by atoms with Gasteiger partial charge in [0.25, 0.3) is 5.91 Å². The predicted molar refractivity (Wildman–Crippen MR) is 112 cm³/mol. The minimum Gasteiger partial charge on any atom is -0.497 e. The summed E-state index contributed by atoms with van der Waals surface area (Å²) in [4.78, 5) is 21.0. The maximum Gasteiger partial charge on any atom is 0.270 e. The summed E-state index contributed by atoms with van der Waals surface area (Å²) >= 11 is 0. The molecule has 7 nitrogen and oxygen atoms in total. The zero-order valence-electron chi connectivity index (χ0n) is 16.7. The first-order chi connectivity index (χ1) is 14.0. The SMILES string of the molecule is COc1ccc(CNC(=O)c2ccnc(Nc3ccccc3OC(C)C)n2)cc1. The Morgan fingerprint density at radius 3 is 2.55 bits per heavy atom. The molecule has 150 valence electrons. The van der Waals surface area contributed by atoms with E-state index in [-0.39, 0.29) is 17.7 Å². The Kier molecular flexibility index (Phi) is 6.63. The lowest BCUT2D eigenvalue weighted by Crippen LogP contribution is -2.24. The predicted octanol–water partition coefficient (Wildman–Crippen LogP) is 3.95. The number of methoxy groups -OCH3 is 1. The van der Waals surface area contributed by atoms with Crippen molar-refractivity contribution in [3.05, 3.63) is 72.1 Å². The Morgan fingerprint density at radius 2 is 1.83 bits per heavy atom. The van der Waals surface area contributed by atoms with E-state index in [1.54, 1.807) is 19.4 Å². The number of benzene rings is 2. The molecule has 2 aromatic carbocycles. The Balaban J connectivity index is 1.66. The van der Waals surface area contributed by atoms with Crippen molar-refractivity contribution in [2.24, 2.45) is 0 Å². The molecule has 1 amide bonds. The summed E-state index contributed by atoms with van der Waals surface area (Å²) in [5.41, 5.74) is 1.97. The summed E-state index contributed by atoms with van der Waals surface area (Å²) in [6, 6.07) is 16.6. The Morgan fingerprint density at radius 1 is 1.07 bits per heavy atom. The van der Waals surface area contributed by atoms with Gasteiger partial charge >= 0.3 is 0 Å². The number of nitrogens with zero attached hydrogens (tertiary/aromatic N) is 2. The largest absolute Gasteiger partial charge is 0.497 e. The lowest BCUT2D eigenvalue weighted by Gasteiger charge is -2.14. The van der Waals surface area contributed by atoms with Crippen LogP contribution < -0.4 is 20.1 Å². The standard InChI is InChI=1S/C22H24N4O3/c1-15(2)29-20-7-5-4-6-18(20)25-22-23-13-12-19(26-22)21(27)24-14-16-8-10-17(28-3)11-9-16/h4-13,15H,14H2,1-3H3,(H,24,27)(H,23,25,26). The molecular weight excluding hydrogens is 368 g/mol. The van der Waals surface area contributed by atoms with Crippen molar-refractivity contribution >= 4 is 17.5 Å². The van der Waals surface area contributed by atoms with Gasteiger partial charge in [-0.25, -0.2) is 9.97 Å². The van der Waals surface area contributed by atoms with Crippen LogP contribution in [0.4, 0.5) is 11.6 Å². The molecule has 0 fully saturated rings. The third-order valence-corrected chi connectivity index (χ3v) is 4.00. The molecule has 1 aromatic heterocycles. The van der Waals surface area contributed by atoms with E-state index in [0.29, 0.717) is 18.2 Å². The van der Waals surface area contributed by atoms with Gasteiger partial charge in [0.05, 0.1) is 18.9 Å². The highest BCUT2D eigenvalue weighted by atomic mass is 16.5. The average molecular weight is 392 g/mol. The molecule has 0 aliphatic carbocycles. The molecule has 0 unspecified atom stereocenters. The van der Waals surface area contributed by atoms with Gasteiger partial charge in [-0.15, -0.1) is 0 Å². The number of nitrogens with one attached hydrogen (secondary N) is 2. The van der Waals surface area contributed by atoms with Crippen LogP contribution in [0.3, 0.4) is 0 Å². The molecule has 0 saturated heterocycles. The van der Waals surface area contributed by atoms with E-state index < -0.39 is 0 Å². The normalized spacial score (nSPS) is 10.5. The summed E-state index contributed by atoms with van der Waals surface area (Å²) in [5, 5.41) is 5.98. The lowest BCUT2D eigenvalue weighted by molar-refractivity contribution is 0.0946. The van der Waals surface area contributed by atoms with E-state index in [4.69, 9.17) is 9.47 Å². The Labute approximate surface area is 170 Å². The summed E-state index contributed by atoms with van der Waals surface area (Å²) in [7, 11) is 1.62. The topological polar surface area (TPSA) is 85.4 Å². The summed E-state index contributed by atoms with van der Waals surface area (Å²) in [5.74, 6) is 1.51. The molecular formula is C22H24N4O3. The van der Waals surface area contributed by atoms with Crippen LogP contribution in [0.2, 0.25) is 0 Å². The van der Waals surface area contributed by atoms with E-state index in [9.17, 15) is 4.79 Å². The number of para-hydroxylation sites is 2. The van der Waals surface area contributed by atoms with E-state index in [1.807, 2.05) is 62.4 Å². The molecule has 3 rings (SSSR count). The Hall–Kier alpha value is -3.61. The van der Waals surface area contributed by atoms with Crippen molar-refractivity contribution in [3.8, 4) is 11.5 Å². The van der Waals surface area contributed by atoms with Crippen LogP contribution >= 0.6 is 0 Å². The second-order valence-corrected chi connectivity index (χ2v) is 6.58. The van der Waals surface area contributed by atoms with Crippen LogP contribution in [0.25, 0.3) is 0 Å². The fraction of sp³-hybridized carbons (Fsp3) is 0.227. The summed E-state index contributed by atoms with van der Waals surface area (Å²) in [6.07, 6.45) is 1.58. The smallest absolute Gasteiger partial charge is 0.270 e. The zero-order chi connectivity index (χ0) is 20.6. The quantitative estimate of drug-likeness (QED) is 0.604. The van der Waals surface area contributed by atoms with Gasteiger partial charge in [0.15, 0.2) is 0 Å². The van der Waals surface area contributed by atoms with Crippen molar-refractivity contribution in [1.82, 2.24) is 15.3 Å². The number of carbonyl (C=O) groups excluding carboxylic acids is 1. The molecule has 2 N–H and O–H groups in total. The number of hydrogen-bond acceptors (Lipinski definition) is 6. The van der Waals surface area contributed by atoms with Crippen LogP contribution in [0.5, 0.6) is 11.5 Å². The zero-order valence-corrected chi connectivity index (χ0v) is 16.7. The second kappa shape index (κ2) is 9.54. The van der Waals surface area contributed by atoms with Crippen LogP contribution in [0.15, 0.2) is 60.8 Å². The van der Waals surface area contributed by atoms with Crippen molar-refractivity contribution in [2.75, 3.05) is 12.4 Å². The first-order valence-electron chi connectivity index (χ1n) is 9.32. The average Bonchev–Trinajstić information content (AvgIpc) is 2.73. The fourth-order valence-electron chi connectivity index (χ4n) is 2.61. The van der Waals surface area contributed by atoms with Crippen molar-refractivity contribution in [1.29, 1.82) is 0 Å². The third kappa shape index (κ3) is 5.68. The molecule has 3 aromatic rings. The minimum absolute atomic E-state index is 0.0361. The maximum absolute atomic E-state index is 12.5. The molecule has 0 radical (unpaired) electrons. The summed E-state index contributed by atoms with van der Waals surface area (Å²) < 4.78 is 10.9. The van der Waals surface area contributed by atoms with Crippen molar-refractivity contribution in [3.63, 3.8) is 0 Å². The molecule has 7 heteroatoms. The molecule has 0 atom stereocenters. The molecule has 29 heavy (non-hydrogen) atoms. The van der Waals surface area contributed by atoms with E-state index in [1.165, 1.54) is 0 Å². The number of carbonyl (C=O) groups is 1. The van der Waals surface area contributed by atoms with Gasteiger partial charge in [-0.1, -0.05) is 24.3 Å². The fourth-order valence-corrected chi connectivity index (χ4v) is 2.61. The molecule has 0 saturated carbocycles. The van der Waals surface area contributed by atoms with Crippen LogP contribution in [-0.2, 0) is 6.54 Å². The van der Waals surface area contributed by atoms with Crippen LogP contribution in [0.1, 0.15) is 29.9 Å². The summed E-state index contributed by atoms with van der Waals surface area (Å²) in [6.45, 7) is 4.31. The molecule has 1 heterocycles. The number of rotatable bonds is 8. The first kappa shape index (κ1) is 20.1. The Bertz CT molecular complexity index is 958. The third-order valence-electron chi connectivity index (χ3n) is 4.00. The molecule has 0 aliphatic heterocycles. The number of aromatic nitrogens is 2. The van der Waals surface area contributed by atoms with Gasteiger partial charge < -0.3 is 20.1 Å². The van der Waals surface area contributed by atoms with Crippen molar-refractivity contribution in [2.45, 2.75) is 26.5 Å². The van der Waals surface area contributed by atoms with Gasteiger partial charge in [-0.3, -0.25) is 4.79 Å². The molecule has 0 aliphatic rings. The van der Waals surface area contributed by atoms with E-state index in [0.717, 1.165) is 17.0 Å². The number of ether oxygens (including phenoxy) is 2. The van der Waals surface area contributed by atoms with Gasteiger partial charge in [-0.2, -0.15) is 0 Å². The van der Waals surface area contributed by atoms with Crippen LogP contribution in [-0.4, -0.2) is 29.1 Å². The molecule has 0 bridgehead atoms. The molecule has 0 spiro atoms. The van der Waals surface area contributed by atoms with E-state index >= 15 is 0 Å². The number of amides is 1. The van der Waals surface area contributed by atoms with Crippen molar-refractivity contribution < 1.29 is 14.3 Å². The second-order valence-electron chi connectivity index (χ2n) is 6.58. The lowest BCUT2D eigenvalue weighted by atomic mass is 10.2. The van der Waals surface area contributed by atoms with Gasteiger partial charge in [0.1, 0.15) is 17.2 Å². The highest BCUT2D eigenvalue weighted by Crippen LogP contribution is 2.27. The minimum atomic E-state index is -0.280. The maximum atomic E-state index is 12.5. The highest BCUT2D eigenvalue weighted by Gasteiger charge is 2.11. The van der Waals surface area contributed by atoms with Crippen LogP contribution in [0, 0.1) is 0 Å². The monoisotopic (exact) mass is 392 g/mol. The van der Waals surface area contributed by atoms with Gasteiger partial charge in [-0.05, 0) is 49.7 Å². The number of hydrogen-bond donors (Lipinski definition) is 2. The van der Waals surface area contributed by atoms with E-state index in [2.05, 4.69) is 20.6 Å². The van der Waals surface area contributed by atoms with Gasteiger partial charge in [0, 0.05) is 12.7 Å². The first-order valence-corrected chi connectivity index (χ1v) is 9.32. The number of anilines is 2. The van der Waals surface area contributed by atoms with Gasteiger partial charge in [0.2, 0.25) is 5.95 Å².